The Bertz CT molecular complexity index is 342. The molecule has 0 bridgehead atoms. The average Bonchev–Trinajstić information content (AvgIpc) is 2.67. The van der Waals surface area contributed by atoms with E-state index in [1.165, 1.54) is 96.3 Å². The highest BCUT2D eigenvalue weighted by molar-refractivity contribution is 6.24. The molecule has 2 rings (SSSR count). The van der Waals surface area contributed by atoms with E-state index >= 15 is 0 Å². The highest BCUT2D eigenvalue weighted by atomic mass is 28.2. The highest BCUT2D eigenvalue weighted by Gasteiger charge is 2.03. The summed E-state index contributed by atoms with van der Waals surface area (Å²) in [5, 5.41) is 7.44. The third kappa shape index (κ3) is 57.9. The largest absolute Gasteiger partial charge is 0.297 e. The van der Waals surface area contributed by atoms with E-state index in [0.717, 1.165) is 0 Å². The summed E-state index contributed by atoms with van der Waals surface area (Å²) in [5.74, 6) is 0. The minimum Gasteiger partial charge on any atom is -0.297 e. The van der Waals surface area contributed by atoms with Gasteiger partial charge in [-0.1, -0.05) is 152 Å². The van der Waals surface area contributed by atoms with Crippen molar-refractivity contribution in [2.45, 2.75) is 166 Å². The van der Waals surface area contributed by atoms with Gasteiger partial charge < -0.3 is 0 Å². The van der Waals surface area contributed by atoms with E-state index in [2.05, 4.69) is 71.8 Å². The van der Waals surface area contributed by atoms with Crippen LogP contribution in [-0.2, 0) is 4.58 Å². The molecule has 0 unspecified atom stereocenters. The maximum absolute atomic E-state index is 7.44. The Labute approximate surface area is 221 Å². The first-order chi connectivity index (χ1) is 15.0. The van der Waals surface area contributed by atoms with E-state index in [-0.39, 0.29) is 14.9 Å². The van der Waals surface area contributed by atoms with E-state index in [4.69, 9.17) is 5.26 Å². The van der Waals surface area contributed by atoms with Gasteiger partial charge in [0.05, 0.1) is 0 Å². The van der Waals surface area contributed by atoms with Crippen molar-refractivity contribution in [3.63, 3.8) is 0 Å². The predicted molar refractivity (Wildman–Crippen MR) is 165 cm³/mol. The van der Waals surface area contributed by atoms with E-state index < -0.39 is 9.76 Å². The van der Waals surface area contributed by atoms with Crippen LogP contribution in [0.15, 0.2) is 24.8 Å². The third-order valence-corrected chi connectivity index (χ3v) is 5.72. The Morgan fingerprint density at radius 2 is 0.941 bits per heavy atom. The van der Waals surface area contributed by atoms with Gasteiger partial charge in [0.1, 0.15) is 0 Å². The van der Waals surface area contributed by atoms with Gasteiger partial charge in [0, 0.05) is 0 Å². The van der Waals surface area contributed by atoms with Gasteiger partial charge in [-0.2, -0.15) is 0 Å². The summed E-state index contributed by atoms with van der Waals surface area (Å²) >= 11 is 0. The second-order valence-electron chi connectivity index (χ2n) is 11.2. The van der Waals surface area contributed by atoms with Gasteiger partial charge in [-0.25, -0.2) is 0 Å². The maximum atomic E-state index is 7.44. The summed E-state index contributed by atoms with van der Waals surface area (Å²) in [4.78, 5) is 0. The Balaban J connectivity index is -0.000000104. The summed E-state index contributed by atoms with van der Waals surface area (Å²) in [6.07, 6.45) is 28.2. The number of rotatable bonds is 1. The van der Waals surface area contributed by atoms with E-state index in [1.54, 1.807) is 0 Å². The SMILES string of the molecule is C.C.C1=CCCCCCC1.C1CCCCCCC1.C=CC(C)(C)C.CCC(C)(C)C.C[SiH2]OO. The first-order valence-corrected chi connectivity index (χ1v) is 15.6. The summed E-state index contributed by atoms with van der Waals surface area (Å²) in [6.45, 7) is 20.8. The summed E-state index contributed by atoms with van der Waals surface area (Å²) in [5.41, 5.74) is 0.847. The fourth-order valence-corrected chi connectivity index (χ4v) is 2.53. The van der Waals surface area contributed by atoms with E-state index in [0.29, 0.717) is 10.8 Å². The molecule has 0 aliphatic heterocycles. The van der Waals surface area contributed by atoms with E-state index in [1.807, 2.05) is 12.6 Å². The molecule has 210 valence electrons. The van der Waals surface area contributed by atoms with Crippen molar-refractivity contribution < 1.29 is 9.83 Å². The monoisotopic (exact) mass is 503 g/mol. The first kappa shape index (κ1) is 43.7. The van der Waals surface area contributed by atoms with Gasteiger partial charge in [-0.15, -0.1) is 6.58 Å². The molecule has 3 heteroatoms. The van der Waals surface area contributed by atoms with Crippen LogP contribution in [-0.4, -0.2) is 15.0 Å². The van der Waals surface area contributed by atoms with Crippen LogP contribution in [0.5, 0.6) is 0 Å². The lowest BCUT2D eigenvalue weighted by atomic mass is 9.94. The van der Waals surface area contributed by atoms with Crippen LogP contribution in [0.3, 0.4) is 0 Å². The Kier molecular flexibility index (Phi) is 41.9. The summed E-state index contributed by atoms with van der Waals surface area (Å²) < 4.78 is 3.68. The highest BCUT2D eigenvalue weighted by Crippen LogP contribution is 2.16. The lowest BCUT2D eigenvalue weighted by Crippen LogP contribution is -2.00. The molecule has 1 fully saturated rings. The molecule has 0 aromatic heterocycles. The molecule has 0 amide bonds. The quantitative estimate of drug-likeness (QED) is 0.167. The molecule has 2 aliphatic rings. The van der Waals surface area contributed by atoms with Gasteiger partial charge in [-0.05, 0) is 43.1 Å². The summed E-state index contributed by atoms with van der Waals surface area (Å²) in [6, 6.07) is 0. The lowest BCUT2D eigenvalue weighted by Gasteiger charge is -2.12. The van der Waals surface area contributed by atoms with Crippen LogP contribution in [0.2, 0.25) is 6.55 Å². The minimum absolute atomic E-state index is 0. The van der Waals surface area contributed by atoms with Crippen molar-refractivity contribution in [3.8, 4) is 0 Å². The number of allylic oxidation sites excluding steroid dienone is 3. The molecule has 1 N–H and O–H groups in total. The fraction of sp³-hybridized carbons (Fsp3) is 0.871. The zero-order valence-corrected chi connectivity index (χ0v) is 25.0. The molecule has 2 aliphatic carbocycles. The van der Waals surface area contributed by atoms with Gasteiger partial charge in [0.15, 0.2) is 0 Å². The van der Waals surface area contributed by atoms with Crippen molar-refractivity contribution in [3.05, 3.63) is 24.8 Å². The van der Waals surface area contributed by atoms with Gasteiger partial charge >= 0.3 is 0 Å². The van der Waals surface area contributed by atoms with Crippen LogP contribution in [0.1, 0.15) is 160 Å². The molecule has 1 saturated carbocycles. The Morgan fingerprint density at radius 1 is 0.735 bits per heavy atom. The molecule has 2 nitrogen and oxygen atoms in total. The molecule has 0 radical (unpaired) electrons. The van der Waals surface area contributed by atoms with Crippen LogP contribution in [0.25, 0.3) is 0 Å². The smallest absolute Gasteiger partial charge is 0.205 e. The molecule has 34 heavy (non-hydrogen) atoms. The Morgan fingerprint density at radius 3 is 1.09 bits per heavy atom. The minimum atomic E-state index is -0.520. The van der Waals surface area contributed by atoms with Crippen molar-refractivity contribution in [2.75, 3.05) is 0 Å². The fourth-order valence-electron chi connectivity index (χ4n) is 2.53. The molecule has 0 saturated heterocycles. The van der Waals surface area contributed by atoms with Crippen LogP contribution in [0.4, 0.5) is 0 Å². The molecule has 0 atom stereocenters. The topological polar surface area (TPSA) is 29.5 Å². The standard InChI is InChI=1S/C8H16.C8H14.C6H14.C6H12.CH6O2Si.2CH4/c2*1-2-4-6-8-7-5-3-1;2*1-5-6(2,3)4;1-4-3-2;;/h1-8H2;1-2H,3-8H2;5H2,1-4H3;5H,1H2,2-4H3;2H,4H2,1H3;2*1H4. The summed E-state index contributed by atoms with van der Waals surface area (Å²) in [7, 11) is -0.520. The van der Waals surface area contributed by atoms with Gasteiger partial charge in [0.25, 0.3) is 0 Å². The molecule has 0 aromatic rings. The predicted octanol–water partition coefficient (Wildman–Crippen LogP) is 11.6. The van der Waals surface area contributed by atoms with Crippen molar-refractivity contribution in [2.24, 2.45) is 10.8 Å². The molecule has 0 heterocycles. The van der Waals surface area contributed by atoms with Crippen molar-refractivity contribution in [1.82, 2.24) is 0 Å². The third-order valence-electron chi connectivity index (χ3n) is 5.46. The van der Waals surface area contributed by atoms with Gasteiger partial charge in [0.2, 0.25) is 9.76 Å². The zero-order valence-electron chi connectivity index (χ0n) is 23.6. The maximum Gasteiger partial charge on any atom is 0.205 e. The molecular formula is C31H70O2Si. The van der Waals surface area contributed by atoms with Crippen LogP contribution >= 0.6 is 0 Å². The number of hydrogen-bond acceptors (Lipinski definition) is 2. The van der Waals surface area contributed by atoms with E-state index in [9.17, 15) is 0 Å². The van der Waals surface area contributed by atoms with Crippen LogP contribution < -0.4 is 0 Å². The Hall–Kier alpha value is -0.383. The molecular weight excluding hydrogens is 432 g/mol. The van der Waals surface area contributed by atoms with Crippen molar-refractivity contribution in [1.29, 1.82) is 0 Å². The first-order valence-electron chi connectivity index (χ1n) is 13.6. The zero-order chi connectivity index (χ0) is 25.1. The van der Waals surface area contributed by atoms with Crippen molar-refractivity contribution >= 4 is 9.76 Å². The van der Waals surface area contributed by atoms with Gasteiger partial charge in [-0.3, -0.25) is 9.83 Å². The molecule has 0 spiro atoms. The normalized spacial score (nSPS) is 16.1. The second-order valence-corrected chi connectivity index (χ2v) is 12.0. The lowest BCUT2D eigenvalue weighted by molar-refractivity contribution is -0.137. The second kappa shape index (κ2) is 32.6. The molecule has 0 aromatic carbocycles. The number of hydrogen-bond donors (Lipinski definition) is 1. The van der Waals surface area contributed by atoms with Crippen LogP contribution in [0, 0.1) is 10.8 Å². The average molecular weight is 503 g/mol.